The summed E-state index contributed by atoms with van der Waals surface area (Å²) < 4.78 is 42.6. The van der Waals surface area contributed by atoms with Crippen LogP contribution in [0.15, 0.2) is 66.7 Å². The van der Waals surface area contributed by atoms with E-state index in [0.29, 0.717) is 16.7 Å². The average Bonchev–Trinajstić information content (AvgIpc) is 2.83. The van der Waals surface area contributed by atoms with E-state index in [2.05, 4.69) is 10.0 Å². The zero-order valence-corrected chi connectivity index (χ0v) is 20.0. The molecular formula is C24H21ClFN3O5S. The lowest BCUT2D eigenvalue weighted by molar-refractivity contribution is -0.120. The van der Waals surface area contributed by atoms with Crippen molar-refractivity contribution in [1.82, 2.24) is 9.03 Å². The van der Waals surface area contributed by atoms with Gasteiger partial charge in [-0.25, -0.2) is 9.18 Å². The van der Waals surface area contributed by atoms with Crippen molar-refractivity contribution < 1.29 is 27.5 Å². The van der Waals surface area contributed by atoms with Gasteiger partial charge in [0, 0.05) is 18.8 Å². The second-order valence-corrected chi connectivity index (χ2v) is 10.2. The van der Waals surface area contributed by atoms with Crippen molar-refractivity contribution in [3.8, 4) is 11.1 Å². The molecule has 8 nitrogen and oxygen atoms in total. The first-order valence-electron chi connectivity index (χ1n) is 10.5. The predicted molar refractivity (Wildman–Crippen MR) is 130 cm³/mol. The van der Waals surface area contributed by atoms with Gasteiger partial charge in [-0.15, -0.1) is 0 Å². The highest BCUT2D eigenvalue weighted by molar-refractivity contribution is 7.87. The van der Waals surface area contributed by atoms with Gasteiger partial charge in [-0.1, -0.05) is 41.9 Å². The molecule has 2 atom stereocenters. The minimum absolute atomic E-state index is 0.120. The predicted octanol–water partition coefficient (Wildman–Crippen LogP) is 4.06. The molecule has 0 aromatic heterocycles. The summed E-state index contributed by atoms with van der Waals surface area (Å²) in [5.41, 5.74) is 2.34. The number of halogens is 2. The van der Waals surface area contributed by atoms with Gasteiger partial charge in [0.05, 0.1) is 10.6 Å². The Bertz CT molecular complexity index is 1420. The molecule has 0 saturated carbocycles. The van der Waals surface area contributed by atoms with Crippen LogP contribution in [0.2, 0.25) is 5.02 Å². The summed E-state index contributed by atoms with van der Waals surface area (Å²) >= 11 is 5.78. The fourth-order valence-corrected chi connectivity index (χ4v) is 5.35. The van der Waals surface area contributed by atoms with E-state index in [9.17, 15) is 27.5 Å². The number of nitrogens with zero attached hydrogens (tertiary/aromatic N) is 1. The van der Waals surface area contributed by atoms with Gasteiger partial charge in [0.1, 0.15) is 11.9 Å². The van der Waals surface area contributed by atoms with Crippen molar-refractivity contribution in [3.63, 3.8) is 0 Å². The third-order valence-corrected chi connectivity index (χ3v) is 7.67. The average molecular weight is 518 g/mol. The Morgan fingerprint density at radius 3 is 2.46 bits per heavy atom. The Balaban J connectivity index is 1.61. The number of carbonyl (C=O) groups is 2. The summed E-state index contributed by atoms with van der Waals surface area (Å²) in [6.07, 6.45) is 0.120. The number of carboxylic acids is 1. The van der Waals surface area contributed by atoms with Crippen LogP contribution in [0.1, 0.15) is 28.4 Å². The van der Waals surface area contributed by atoms with Gasteiger partial charge in [0.25, 0.3) is 10.2 Å². The highest BCUT2D eigenvalue weighted by Gasteiger charge is 2.40. The van der Waals surface area contributed by atoms with E-state index < -0.39 is 40.0 Å². The van der Waals surface area contributed by atoms with Crippen LogP contribution in [0.4, 0.5) is 10.1 Å². The SMILES string of the molecule is CN1C(C(=O)Nc2ccc(F)c(Cl)c2)CC(c2cccc(-c3cccc(C(=O)O)c3)c2)NS1(=O)=O. The number of anilines is 1. The molecule has 3 N–H and O–H groups in total. The van der Waals surface area contributed by atoms with Crippen LogP contribution in [0.25, 0.3) is 11.1 Å². The third-order valence-electron chi connectivity index (χ3n) is 5.79. The Labute approximate surface area is 206 Å². The number of carbonyl (C=O) groups excluding carboxylic acids is 1. The van der Waals surface area contributed by atoms with Crippen molar-refractivity contribution in [2.45, 2.75) is 18.5 Å². The Kier molecular flexibility index (Phi) is 6.91. The van der Waals surface area contributed by atoms with Crippen molar-refractivity contribution in [2.75, 3.05) is 12.4 Å². The van der Waals surface area contributed by atoms with Gasteiger partial charge in [0.2, 0.25) is 5.91 Å². The topological polar surface area (TPSA) is 116 Å². The van der Waals surface area contributed by atoms with E-state index >= 15 is 0 Å². The van der Waals surface area contributed by atoms with Gasteiger partial charge >= 0.3 is 5.97 Å². The lowest BCUT2D eigenvalue weighted by atomic mass is 9.95. The molecule has 1 heterocycles. The van der Waals surface area contributed by atoms with Crippen LogP contribution in [0, 0.1) is 5.82 Å². The van der Waals surface area contributed by atoms with Gasteiger partial charge in [0.15, 0.2) is 0 Å². The van der Waals surface area contributed by atoms with Gasteiger partial charge in [-0.05, 0) is 59.5 Å². The van der Waals surface area contributed by atoms with Crippen LogP contribution >= 0.6 is 11.6 Å². The molecule has 35 heavy (non-hydrogen) atoms. The minimum atomic E-state index is -4.00. The molecule has 1 aliphatic rings. The number of nitrogens with one attached hydrogen (secondary N) is 2. The quantitative estimate of drug-likeness (QED) is 0.472. The second kappa shape index (κ2) is 9.74. The van der Waals surface area contributed by atoms with Crippen LogP contribution in [0.5, 0.6) is 0 Å². The van der Waals surface area contributed by atoms with E-state index in [4.69, 9.17) is 11.6 Å². The highest BCUT2D eigenvalue weighted by Crippen LogP contribution is 2.31. The number of aromatic carboxylic acids is 1. The summed E-state index contributed by atoms with van der Waals surface area (Å²) in [6.45, 7) is 0. The first kappa shape index (κ1) is 24.8. The zero-order chi connectivity index (χ0) is 25.3. The lowest BCUT2D eigenvalue weighted by Crippen LogP contribution is -2.55. The van der Waals surface area contributed by atoms with Gasteiger partial charge in [-0.2, -0.15) is 17.4 Å². The summed E-state index contributed by atoms with van der Waals surface area (Å²) in [4.78, 5) is 24.3. The molecule has 182 valence electrons. The molecule has 2 unspecified atom stereocenters. The van der Waals surface area contributed by atoms with Crippen LogP contribution < -0.4 is 10.0 Å². The molecule has 1 saturated heterocycles. The normalized spacial score (nSPS) is 19.7. The number of rotatable bonds is 5. The molecule has 0 aliphatic carbocycles. The number of carboxylic acid groups (broad SMARTS) is 1. The molecule has 1 fully saturated rings. The van der Waals surface area contributed by atoms with E-state index in [0.717, 1.165) is 10.4 Å². The molecule has 0 spiro atoms. The smallest absolute Gasteiger partial charge is 0.335 e. The van der Waals surface area contributed by atoms with Crippen molar-refractivity contribution >= 4 is 39.4 Å². The molecular weight excluding hydrogens is 497 g/mol. The van der Waals surface area contributed by atoms with E-state index in [1.807, 2.05) is 0 Å². The van der Waals surface area contributed by atoms with Gasteiger partial charge in [-0.3, -0.25) is 4.79 Å². The number of hydrogen-bond acceptors (Lipinski definition) is 4. The van der Waals surface area contributed by atoms with Crippen LogP contribution in [-0.2, 0) is 15.0 Å². The molecule has 11 heteroatoms. The maximum Gasteiger partial charge on any atom is 0.335 e. The monoisotopic (exact) mass is 517 g/mol. The van der Waals surface area contributed by atoms with Crippen LogP contribution in [-0.4, -0.2) is 42.8 Å². The third kappa shape index (κ3) is 5.35. The van der Waals surface area contributed by atoms with E-state index in [1.165, 1.54) is 31.3 Å². The number of hydrogen-bond donors (Lipinski definition) is 3. The van der Waals surface area contributed by atoms with Crippen molar-refractivity contribution in [2.24, 2.45) is 0 Å². The first-order valence-corrected chi connectivity index (χ1v) is 12.3. The Morgan fingerprint density at radius 1 is 1.09 bits per heavy atom. The second-order valence-electron chi connectivity index (χ2n) is 8.07. The maximum absolute atomic E-state index is 13.4. The highest BCUT2D eigenvalue weighted by atomic mass is 35.5. The fraction of sp³-hybridized carbons (Fsp3) is 0.167. The molecule has 1 aliphatic heterocycles. The first-order chi connectivity index (χ1) is 16.5. The van der Waals surface area contributed by atoms with Crippen molar-refractivity contribution in [3.05, 3.63) is 88.7 Å². The number of likely N-dealkylation sites (N-methyl/N-ethyl adjacent to an activating group) is 1. The minimum Gasteiger partial charge on any atom is -0.478 e. The molecule has 0 radical (unpaired) electrons. The largest absolute Gasteiger partial charge is 0.478 e. The standard InChI is InChI=1S/C24H21ClFN3O5S/c1-29-22(23(30)27-18-8-9-20(26)19(25)12-18)13-21(28-35(29,33)34)16-6-2-4-14(10-16)15-5-3-7-17(11-15)24(31)32/h2-12,21-22,28H,13H2,1H3,(H,27,30)(H,31,32). The van der Waals surface area contributed by atoms with Crippen molar-refractivity contribution in [1.29, 1.82) is 0 Å². The summed E-state index contributed by atoms with van der Waals surface area (Å²) in [5.74, 6) is -2.28. The summed E-state index contributed by atoms with van der Waals surface area (Å²) in [6, 6.07) is 15.3. The molecule has 3 aromatic carbocycles. The molecule has 3 aromatic rings. The Hall–Kier alpha value is -3.31. The summed E-state index contributed by atoms with van der Waals surface area (Å²) in [7, 11) is -2.70. The molecule has 4 rings (SSSR count). The van der Waals surface area contributed by atoms with Gasteiger partial charge < -0.3 is 10.4 Å². The maximum atomic E-state index is 13.4. The fourth-order valence-electron chi connectivity index (χ4n) is 3.89. The van der Waals surface area contributed by atoms with E-state index in [-0.39, 0.29) is 22.7 Å². The van der Waals surface area contributed by atoms with E-state index in [1.54, 1.807) is 36.4 Å². The molecule has 0 bridgehead atoms. The number of benzene rings is 3. The molecule has 1 amide bonds. The zero-order valence-electron chi connectivity index (χ0n) is 18.4. The number of amides is 1. The lowest BCUT2D eigenvalue weighted by Gasteiger charge is -2.36. The Morgan fingerprint density at radius 2 is 1.77 bits per heavy atom. The summed E-state index contributed by atoms with van der Waals surface area (Å²) in [5, 5.41) is 11.7. The van der Waals surface area contributed by atoms with Crippen LogP contribution in [0.3, 0.4) is 0 Å².